The molecule has 0 spiro atoms. The maximum absolute atomic E-state index is 12.8. The van der Waals surface area contributed by atoms with Crippen LogP contribution in [0.25, 0.3) is 0 Å². The van der Waals surface area contributed by atoms with Crippen LogP contribution in [0.3, 0.4) is 0 Å². The zero-order chi connectivity index (χ0) is 22.2. The van der Waals surface area contributed by atoms with Crippen molar-refractivity contribution in [2.75, 3.05) is 6.61 Å². The van der Waals surface area contributed by atoms with Crippen molar-refractivity contribution in [2.24, 2.45) is 23.7 Å². The Kier molecular flexibility index (Phi) is 6.41. The van der Waals surface area contributed by atoms with Crippen molar-refractivity contribution in [2.45, 2.75) is 40.5 Å². The van der Waals surface area contributed by atoms with E-state index < -0.39 is 29.6 Å². The van der Waals surface area contributed by atoms with Crippen molar-refractivity contribution >= 4 is 29.4 Å². The highest BCUT2D eigenvalue weighted by molar-refractivity contribution is 6.32. The molecule has 30 heavy (non-hydrogen) atoms. The van der Waals surface area contributed by atoms with Gasteiger partial charge in [0.2, 0.25) is 5.91 Å². The van der Waals surface area contributed by atoms with Gasteiger partial charge in [-0.15, -0.1) is 0 Å². The molecule has 3 rings (SSSR count). The van der Waals surface area contributed by atoms with Crippen LogP contribution in [-0.2, 0) is 14.4 Å². The first kappa shape index (κ1) is 22.2. The summed E-state index contributed by atoms with van der Waals surface area (Å²) in [5.74, 6) is -3.12. The monoisotopic (exact) mass is 434 g/mol. The Morgan fingerprint density at radius 1 is 1.07 bits per heavy atom. The molecule has 2 fully saturated rings. The Bertz CT molecular complexity index is 899. The first-order chi connectivity index (χ1) is 14.1. The first-order valence-corrected chi connectivity index (χ1v) is 10.4. The van der Waals surface area contributed by atoms with Gasteiger partial charge in [0.1, 0.15) is 5.75 Å². The number of halogens is 1. The van der Waals surface area contributed by atoms with Crippen molar-refractivity contribution in [3.8, 4) is 5.75 Å². The number of carbonyl (C=O) groups is 3. The van der Waals surface area contributed by atoms with Crippen LogP contribution in [0.4, 0.5) is 0 Å². The Morgan fingerprint density at radius 2 is 1.63 bits per heavy atom. The Morgan fingerprint density at radius 3 is 2.17 bits per heavy atom. The van der Waals surface area contributed by atoms with Gasteiger partial charge in [-0.25, -0.2) is 0 Å². The molecule has 0 aromatic heterocycles. The number of nitrogens with one attached hydrogen (secondary N) is 2. The predicted molar refractivity (Wildman–Crippen MR) is 112 cm³/mol. The predicted octanol–water partition coefficient (Wildman–Crippen LogP) is 3.18. The van der Waals surface area contributed by atoms with Crippen molar-refractivity contribution in [3.05, 3.63) is 39.4 Å². The molecule has 0 saturated heterocycles. The summed E-state index contributed by atoms with van der Waals surface area (Å²) >= 11 is 6.12. The smallest absolute Gasteiger partial charge is 0.307 e. The van der Waals surface area contributed by atoms with E-state index in [0.29, 0.717) is 10.8 Å². The second-order valence-corrected chi connectivity index (χ2v) is 8.71. The minimum absolute atomic E-state index is 0.0886. The van der Waals surface area contributed by atoms with Gasteiger partial charge in [-0.1, -0.05) is 22.7 Å². The molecular weight excluding hydrogens is 408 g/mol. The SMILES string of the molecule is CC(C)=C1[C@H]2CC[C@H]1[C@@H](C(=O)NNC(=O)COc1cc(C)c(Cl)c(C)c1)[C@@H]2C(=O)O. The molecule has 2 bridgehead atoms. The molecule has 0 radical (unpaired) electrons. The lowest BCUT2D eigenvalue weighted by molar-refractivity contribution is -0.150. The molecular formula is C22H27ClN2O5. The highest BCUT2D eigenvalue weighted by Crippen LogP contribution is 2.57. The van der Waals surface area contributed by atoms with E-state index in [-0.39, 0.29) is 18.4 Å². The summed E-state index contributed by atoms with van der Waals surface area (Å²) in [6.07, 6.45) is 1.57. The minimum Gasteiger partial charge on any atom is -0.484 e. The lowest BCUT2D eigenvalue weighted by Crippen LogP contribution is -2.49. The van der Waals surface area contributed by atoms with Gasteiger partial charge >= 0.3 is 5.97 Å². The number of rotatable bonds is 5. The minimum atomic E-state index is -0.968. The number of fused-ring (bicyclic) bond motifs is 2. The molecule has 2 aliphatic carbocycles. The summed E-state index contributed by atoms with van der Waals surface area (Å²) in [5.41, 5.74) is 8.58. The van der Waals surface area contributed by atoms with Crippen LogP contribution in [0.1, 0.15) is 37.8 Å². The van der Waals surface area contributed by atoms with Gasteiger partial charge in [-0.05, 0) is 75.6 Å². The molecule has 0 heterocycles. The number of allylic oxidation sites excluding steroid dienone is 2. The van der Waals surface area contributed by atoms with Gasteiger partial charge in [0.05, 0.1) is 11.8 Å². The number of hydrogen-bond donors (Lipinski definition) is 3. The average molecular weight is 435 g/mol. The quantitative estimate of drug-likeness (QED) is 0.487. The number of benzene rings is 1. The average Bonchev–Trinajstić information content (AvgIpc) is 3.25. The highest BCUT2D eigenvalue weighted by atomic mass is 35.5. The maximum atomic E-state index is 12.8. The molecule has 0 unspecified atom stereocenters. The van der Waals surface area contributed by atoms with E-state index in [1.807, 2.05) is 27.7 Å². The van der Waals surface area contributed by atoms with Crippen LogP contribution in [0, 0.1) is 37.5 Å². The van der Waals surface area contributed by atoms with Crippen molar-refractivity contribution < 1.29 is 24.2 Å². The third kappa shape index (κ3) is 4.17. The fourth-order valence-corrected chi connectivity index (χ4v) is 5.10. The van der Waals surface area contributed by atoms with Gasteiger partial charge in [0.15, 0.2) is 6.61 Å². The van der Waals surface area contributed by atoms with Crippen LogP contribution >= 0.6 is 11.6 Å². The zero-order valence-electron chi connectivity index (χ0n) is 17.5. The maximum Gasteiger partial charge on any atom is 0.307 e. The summed E-state index contributed by atoms with van der Waals surface area (Å²) in [4.78, 5) is 36.7. The number of aryl methyl sites for hydroxylation is 2. The van der Waals surface area contributed by atoms with Gasteiger partial charge in [-0.2, -0.15) is 0 Å². The molecule has 1 aromatic carbocycles. The van der Waals surface area contributed by atoms with Crippen LogP contribution in [0.5, 0.6) is 5.75 Å². The highest BCUT2D eigenvalue weighted by Gasteiger charge is 2.57. The molecule has 2 aliphatic rings. The molecule has 1 aromatic rings. The lowest BCUT2D eigenvalue weighted by atomic mass is 9.79. The van der Waals surface area contributed by atoms with Gasteiger partial charge in [0.25, 0.3) is 5.91 Å². The normalized spacial score (nSPS) is 24.5. The topological polar surface area (TPSA) is 105 Å². The van der Waals surface area contributed by atoms with Gasteiger partial charge < -0.3 is 9.84 Å². The van der Waals surface area contributed by atoms with Crippen molar-refractivity contribution in [1.29, 1.82) is 0 Å². The standard InChI is InChI=1S/C22H27ClN2O5/c1-10(2)17-14-5-6-15(17)19(22(28)29)18(14)21(27)25-24-16(26)9-30-13-7-11(3)20(23)12(4)8-13/h7-8,14-15,18-19H,5-6,9H2,1-4H3,(H,24,26)(H,25,27)(H,28,29)/t14-,15-,18-,19-/m1/s1. The first-order valence-electron chi connectivity index (χ1n) is 10.00. The number of aliphatic carboxylic acids is 1. The van der Waals surface area contributed by atoms with E-state index in [2.05, 4.69) is 10.9 Å². The fraction of sp³-hybridized carbons (Fsp3) is 0.500. The second kappa shape index (κ2) is 8.68. The second-order valence-electron chi connectivity index (χ2n) is 8.33. The number of hydrogen-bond acceptors (Lipinski definition) is 4. The Labute approximate surface area is 180 Å². The van der Waals surface area contributed by atoms with E-state index in [9.17, 15) is 19.5 Å². The number of carboxylic acid groups (broad SMARTS) is 1. The van der Waals surface area contributed by atoms with Crippen LogP contribution in [0.2, 0.25) is 5.02 Å². The largest absolute Gasteiger partial charge is 0.484 e. The van der Waals surface area contributed by atoms with Crippen molar-refractivity contribution in [3.63, 3.8) is 0 Å². The third-order valence-corrected chi connectivity index (χ3v) is 6.71. The van der Waals surface area contributed by atoms with Gasteiger partial charge in [0, 0.05) is 5.02 Å². The van der Waals surface area contributed by atoms with Crippen LogP contribution in [-0.4, -0.2) is 29.5 Å². The number of hydrazine groups is 1. The van der Waals surface area contributed by atoms with E-state index in [0.717, 1.165) is 35.1 Å². The molecule has 0 aliphatic heterocycles. The molecule has 4 atom stereocenters. The summed E-state index contributed by atoms with van der Waals surface area (Å²) in [7, 11) is 0. The molecule has 7 nitrogen and oxygen atoms in total. The fourth-order valence-electron chi connectivity index (χ4n) is 4.99. The third-order valence-electron chi connectivity index (χ3n) is 6.11. The Hall–Kier alpha value is -2.54. The van der Waals surface area contributed by atoms with E-state index in [1.54, 1.807) is 12.1 Å². The number of carbonyl (C=O) groups excluding carboxylic acids is 2. The lowest BCUT2D eigenvalue weighted by Gasteiger charge is -2.26. The number of ether oxygens (including phenoxy) is 1. The molecule has 162 valence electrons. The van der Waals surface area contributed by atoms with Crippen LogP contribution in [0.15, 0.2) is 23.3 Å². The summed E-state index contributed by atoms with van der Waals surface area (Å²) < 4.78 is 5.48. The van der Waals surface area contributed by atoms with E-state index in [4.69, 9.17) is 16.3 Å². The molecule has 8 heteroatoms. The van der Waals surface area contributed by atoms with E-state index in [1.165, 1.54) is 0 Å². The molecule has 2 saturated carbocycles. The Balaban J connectivity index is 1.59. The van der Waals surface area contributed by atoms with Gasteiger partial charge in [-0.3, -0.25) is 25.2 Å². The zero-order valence-corrected chi connectivity index (χ0v) is 18.3. The number of carboxylic acids is 1. The van der Waals surface area contributed by atoms with E-state index >= 15 is 0 Å². The van der Waals surface area contributed by atoms with Crippen molar-refractivity contribution in [1.82, 2.24) is 10.9 Å². The summed E-state index contributed by atoms with van der Waals surface area (Å²) in [6.45, 7) is 7.31. The summed E-state index contributed by atoms with van der Waals surface area (Å²) in [6, 6.07) is 3.46. The molecule has 2 amide bonds. The van der Waals surface area contributed by atoms with Crippen LogP contribution < -0.4 is 15.6 Å². The molecule has 3 N–H and O–H groups in total. The number of amides is 2. The summed E-state index contributed by atoms with van der Waals surface area (Å²) in [5, 5.41) is 10.3.